The summed E-state index contributed by atoms with van der Waals surface area (Å²) in [5, 5.41) is 0. The maximum atomic E-state index is 10.7. The van der Waals surface area contributed by atoms with Gasteiger partial charge in [0, 0.05) is 24.0 Å². The Morgan fingerprint density at radius 2 is 1.27 bits per heavy atom. The molecule has 2 aliphatic heterocycles. The number of alkyl halides is 3. The minimum Gasteiger partial charge on any atom is -0.741 e. The highest BCUT2D eigenvalue weighted by molar-refractivity contribution is 7.86. The second-order valence-corrected chi connectivity index (χ2v) is 12.9. The van der Waals surface area contributed by atoms with Gasteiger partial charge in [0.15, 0.2) is 34.4 Å². The lowest BCUT2D eigenvalue weighted by atomic mass is 9.94. The summed E-state index contributed by atoms with van der Waals surface area (Å²) in [4.78, 5) is 0. The summed E-state index contributed by atoms with van der Waals surface area (Å²) < 4.78 is 76.9. The van der Waals surface area contributed by atoms with Gasteiger partial charge >= 0.3 is 17.3 Å². The Balaban J connectivity index is 0.000000336. The lowest BCUT2D eigenvalue weighted by molar-refractivity contribution is -0.697. The Morgan fingerprint density at radius 3 is 1.84 bits per heavy atom. The zero-order valence-corrected chi connectivity index (χ0v) is 24.3. The Hall–Kier alpha value is -4.61. The molecule has 45 heavy (non-hydrogen) atoms. The molecule has 4 aliphatic rings. The van der Waals surface area contributed by atoms with Gasteiger partial charge in [-0.1, -0.05) is 97.1 Å². The highest BCUT2D eigenvalue weighted by atomic mass is 32.2. The third-order valence-corrected chi connectivity index (χ3v) is 9.58. The van der Waals surface area contributed by atoms with Crippen molar-refractivity contribution in [1.82, 2.24) is 4.57 Å². The van der Waals surface area contributed by atoms with E-state index in [1.54, 1.807) is 0 Å². The number of fused-ring (bicyclic) bond motifs is 11. The van der Waals surface area contributed by atoms with Crippen LogP contribution < -0.4 is 14.0 Å². The molecule has 228 valence electrons. The van der Waals surface area contributed by atoms with Crippen molar-refractivity contribution in [3.63, 3.8) is 0 Å². The monoisotopic (exact) mass is 630 g/mol. The highest BCUT2D eigenvalue weighted by Gasteiger charge is 2.56. The fraction of sp³-hybridized carbons (Fsp3) is 0.206. The van der Waals surface area contributed by atoms with E-state index in [4.69, 9.17) is 22.4 Å². The summed E-state index contributed by atoms with van der Waals surface area (Å²) >= 11 is 0. The lowest BCUT2D eigenvalue weighted by Crippen LogP contribution is -2.38. The zero-order chi connectivity index (χ0) is 31.1. The molecule has 0 bridgehead atoms. The molecular weight excluding hydrogens is 605 g/mol. The number of benzene rings is 4. The summed E-state index contributed by atoms with van der Waals surface area (Å²) in [6.45, 7) is 0. The van der Waals surface area contributed by atoms with Gasteiger partial charge in [-0.2, -0.15) is 22.3 Å². The molecule has 0 saturated carbocycles. The first kappa shape index (κ1) is 27.9. The molecule has 1 aromatic heterocycles. The largest absolute Gasteiger partial charge is 0.741 e. The van der Waals surface area contributed by atoms with E-state index < -0.39 is 15.6 Å². The van der Waals surface area contributed by atoms with Crippen molar-refractivity contribution in [3.8, 4) is 34.0 Å². The van der Waals surface area contributed by atoms with Crippen molar-refractivity contribution in [2.75, 3.05) is 0 Å². The Kier molecular flexibility index (Phi) is 6.17. The van der Waals surface area contributed by atoms with E-state index in [0.717, 1.165) is 24.6 Å². The fourth-order valence-electron chi connectivity index (χ4n) is 7.26. The first-order valence-electron chi connectivity index (χ1n) is 14.5. The van der Waals surface area contributed by atoms with E-state index in [2.05, 4.69) is 113 Å². The van der Waals surface area contributed by atoms with Crippen LogP contribution in [0.25, 0.3) is 22.3 Å². The molecule has 0 saturated heterocycles. The average molecular weight is 631 g/mol. The van der Waals surface area contributed by atoms with E-state index in [-0.39, 0.29) is 24.3 Å². The Bertz CT molecular complexity index is 1940. The molecule has 7 nitrogen and oxygen atoms in total. The molecule has 0 radical (unpaired) electrons. The van der Waals surface area contributed by atoms with Crippen LogP contribution in [0.3, 0.4) is 0 Å². The van der Waals surface area contributed by atoms with Gasteiger partial charge in [-0.3, -0.25) is 0 Å². The minimum absolute atomic E-state index is 0.108. The van der Waals surface area contributed by atoms with Gasteiger partial charge in [0.05, 0.1) is 0 Å². The van der Waals surface area contributed by atoms with E-state index in [9.17, 15) is 13.2 Å². The van der Waals surface area contributed by atoms with Crippen molar-refractivity contribution in [3.05, 3.63) is 126 Å². The van der Waals surface area contributed by atoms with E-state index in [0.29, 0.717) is 0 Å². The summed E-state index contributed by atoms with van der Waals surface area (Å²) in [7, 11) is -6.09. The normalized spacial score (nSPS) is 21.7. The predicted octanol–water partition coefficient (Wildman–Crippen LogP) is 5.97. The third kappa shape index (κ3) is 4.36. The van der Waals surface area contributed by atoms with Crippen LogP contribution in [0.4, 0.5) is 13.2 Å². The van der Waals surface area contributed by atoms with Crippen LogP contribution in [0.5, 0.6) is 11.8 Å². The molecule has 4 atom stereocenters. The second-order valence-electron chi connectivity index (χ2n) is 11.5. The molecule has 9 rings (SSSR count). The summed E-state index contributed by atoms with van der Waals surface area (Å²) in [6.07, 6.45) is 4.34. The maximum Gasteiger partial charge on any atom is 0.485 e. The van der Waals surface area contributed by atoms with Crippen LogP contribution in [-0.4, -0.2) is 35.3 Å². The number of imidazole rings is 1. The van der Waals surface area contributed by atoms with Crippen molar-refractivity contribution in [1.29, 1.82) is 0 Å². The summed E-state index contributed by atoms with van der Waals surface area (Å²) in [6, 6.07) is 35.2. The molecule has 0 amide bonds. The van der Waals surface area contributed by atoms with E-state index >= 15 is 0 Å². The average Bonchev–Trinajstić information content (AvgIpc) is 3.80. The topological polar surface area (TPSA) is 84.5 Å². The molecule has 0 spiro atoms. The van der Waals surface area contributed by atoms with Gasteiger partial charge in [-0.15, -0.1) is 0 Å². The van der Waals surface area contributed by atoms with Gasteiger partial charge in [0.2, 0.25) is 0 Å². The van der Waals surface area contributed by atoms with Crippen molar-refractivity contribution >= 4 is 10.1 Å². The van der Waals surface area contributed by atoms with Crippen LogP contribution in [0.1, 0.15) is 34.3 Å². The van der Waals surface area contributed by atoms with E-state index in [1.165, 1.54) is 44.5 Å². The number of rotatable bonds is 2. The quantitative estimate of drug-likeness (QED) is 0.136. The van der Waals surface area contributed by atoms with Gasteiger partial charge in [0.1, 0.15) is 0 Å². The second kappa shape index (κ2) is 9.95. The SMILES string of the molecule is O=S(=O)([O-])C(F)(F)F.c1ccc(-c2cccc3c2[C@@H]2[C@H](C3)Oc3c4[n+](cn32)[C@@H]2c3c(cccc3-c3ccccc3)C[C@@H]2O4)cc1. The number of hydrogen-bond donors (Lipinski definition) is 0. The highest BCUT2D eigenvalue weighted by Crippen LogP contribution is 2.53. The van der Waals surface area contributed by atoms with Crippen molar-refractivity contribution in [2.24, 2.45) is 0 Å². The first-order chi connectivity index (χ1) is 21.6. The van der Waals surface area contributed by atoms with Crippen LogP contribution in [0.15, 0.2) is 103 Å². The molecule has 11 heteroatoms. The summed E-state index contributed by atoms with van der Waals surface area (Å²) in [5.41, 5.74) is 5.03. The number of halogens is 3. The molecule has 4 aromatic carbocycles. The molecule has 2 aliphatic carbocycles. The standard InChI is InChI=1S/C33H25N2O2.CHF3O3S/c1-3-9-20(10-4-1)24-15-7-13-22-17-26-30(28(22)24)34-19-35-31-27(37-33(35)32(34)36-26)18-23-14-8-16-25(29(23)31)21-11-5-2-6-12-21;2-1(3,4)8(5,6)7/h1-16,19,26-27,30-31H,17-18H2;(H,5,6,7)/q+1;/p-1/t26-,27-,30-,31-;/m0./s1. The molecule has 0 unspecified atom stereocenters. The number of nitrogens with zero attached hydrogens (tertiary/aromatic N) is 2. The van der Waals surface area contributed by atoms with Gasteiger partial charge < -0.3 is 14.0 Å². The maximum absolute atomic E-state index is 10.7. The number of ether oxygens (including phenoxy) is 2. The number of aromatic nitrogens is 2. The molecule has 0 fully saturated rings. The Morgan fingerprint density at radius 1 is 0.733 bits per heavy atom. The van der Waals surface area contributed by atoms with Gasteiger partial charge in [-0.25, -0.2) is 8.42 Å². The fourth-order valence-corrected chi connectivity index (χ4v) is 7.26. The Labute approximate surface area is 256 Å². The molecule has 3 heterocycles. The van der Waals surface area contributed by atoms with Crippen molar-refractivity contribution < 1.29 is 40.2 Å². The van der Waals surface area contributed by atoms with Crippen molar-refractivity contribution in [2.45, 2.75) is 42.6 Å². The smallest absolute Gasteiger partial charge is 0.485 e. The van der Waals surface area contributed by atoms with Gasteiger partial charge in [0.25, 0.3) is 6.33 Å². The zero-order valence-electron chi connectivity index (χ0n) is 23.5. The van der Waals surface area contributed by atoms with Gasteiger partial charge in [-0.05, 0) is 33.4 Å². The van der Waals surface area contributed by atoms with Crippen LogP contribution >= 0.6 is 0 Å². The third-order valence-electron chi connectivity index (χ3n) is 9.01. The van der Waals surface area contributed by atoms with E-state index in [1.807, 2.05) is 0 Å². The van der Waals surface area contributed by atoms with Crippen LogP contribution in [-0.2, 0) is 23.0 Å². The predicted molar refractivity (Wildman–Crippen MR) is 157 cm³/mol. The molecular formula is C34H25F3N2O5S. The molecule has 5 aromatic rings. The summed E-state index contributed by atoms with van der Waals surface area (Å²) in [5.74, 6) is 1.77. The van der Waals surface area contributed by atoms with Crippen LogP contribution in [0.2, 0.25) is 0 Å². The van der Waals surface area contributed by atoms with Crippen LogP contribution in [0, 0.1) is 0 Å². The molecule has 0 N–H and O–H groups in total. The lowest BCUT2D eigenvalue weighted by Gasteiger charge is -2.14. The minimum atomic E-state index is -6.09. The first-order valence-corrected chi connectivity index (χ1v) is 15.9. The number of hydrogen-bond acceptors (Lipinski definition) is 5.